The molecule has 0 spiro atoms. The number of anilines is 1. The van der Waals surface area contributed by atoms with Gasteiger partial charge in [-0.3, -0.25) is 14.2 Å². The molecule has 7 nitrogen and oxygen atoms in total. The summed E-state index contributed by atoms with van der Waals surface area (Å²) in [5.41, 5.74) is 1.29. The molecule has 0 aliphatic carbocycles. The molecular formula is C20H21N5O2. The molecule has 2 amide bonds. The summed E-state index contributed by atoms with van der Waals surface area (Å²) in [6, 6.07) is 10.3. The molecule has 0 bridgehead atoms. The molecule has 0 atom stereocenters. The Labute approximate surface area is 157 Å². The highest BCUT2D eigenvalue weighted by Crippen LogP contribution is 2.16. The van der Waals surface area contributed by atoms with E-state index in [1.807, 2.05) is 13.8 Å². The van der Waals surface area contributed by atoms with Crippen LogP contribution in [0.4, 0.5) is 5.69 Å². The Kier molecular flexibility index (Phi) is 5.61. The zero-order valence-electron chi connectivity index (χ0n) is 15.2. The van der Waals surface area contributed by atoms with Crippen LogP contribution in [0.3, 0.4) is 0 Å². The summed E-state index contributed by atoms with van der Waals surface area (Å²) in [6.07, 6.45) is 6.55. The van der Waals surface area contributed by atoms with Gasteiger partial charge in [0.15, 0.2) is 0 Å². The minimum Gasteiger partial charge on any atom is -0.352 e. The first-order chi connectivity index (χ1) is 13.0. The smallest absolute Gasteiger partial charge is 0.257 e. The SMILES string of the molecule is CC(C)CNC(=O)c1ccccc1NC(=O)c1ccc(-n2ccnc2)nc1. The van der Waals surface area contributed by atoms with E-state index in [9.17, 15) is 9.59 Å². The Morgan fingerprint density at radius 1 is 1.11 bits per heavy atom. The Balaban J connectivity index is 1.73. The van der Waals surface area contributed by atoms with Crippen molar-refractivity contribution in [3.63, 3.8) is 0 Å². The third kappa shape index (κ3) is 4.58. The number of imidazole rings is 1. The van der Waals surface area contributed by atoms with Crippen molar-refractivity contribution in [1.29, 1.82) is 0 Å². The fraction of sp³-hybridized carbons (Fsp3) is 0.200. The molecule has 27 heavy (non-hydrogen) atoms. The average molecular weight is 363 g/mol. The lowest BCUT2D eigenvalue weighted by molar-refractivity contribution is 0.0950. The third-order valence-corrected chi connectivity index (χ3v) is 3.87. The summed E-state index contributed by atoms with van der Waals surface area (Å²) in [5, 5.41) is 5.65. The molecule has 0 saturated heterocycles. The zero-order chi connectivity index (χ0) is 19.2. The molecule has 2 N–H and O–H groups in total. The standard InChI is InChI=1S/C20H21N5O2/c1-14(2)11-23-20(27)16-5-3-4-6-17(16)24-19(26)15-7-8-18(22-12-15)25-10-9-21-13-25/h3-10,12-14H,11H2,1-2H3,(H,23,27)(H,24,26). The number of nitrogens with one attached hydrogen (secondary N) is 2. The largest absolute Gasteiger partial charge is 0.352 e. The molecule has 3 rings (SSSR count). The molecule has 0 saturated carbocycles. The van der Waals surface area contributed by atoms with Gasteiger partial charge in [-0.2, -0.15) is 0 Å². The van der Waals surface area contributed by atoms with Crippen LogP contribution in [-0.2, 0) is 0 Å². The van der Waals surface area contributed by atoms with E-state index in [-0.39, 0.29) is 11.8 Å². The maximum absolute atomic E-state index is 12.6. The minimum atomic E-state index is -0.330. The van der Waals surface area contributed by atoms with Crippen LogP contribution in [0.5, 0.6) is 0 Å². The van der Waals surface area contributed by atoms with Crippen molar-refractivity contribution in [2.75, 3.05) is 11.9 Å². The number of hydrogen-bond acceptors (Lipinski definition) is 4. The van der Waals surface area contributed by atoms with Crippen molar-refractivity contribution in [2.45, 2.75) is 13.8 Å². The summed E-state index contributed by atoms with van der Waals surface area (Å²) in [4.78, 5) is 33.2. The summed E-state index contributed by atoms with van der Waals surface area (Å²) in [7, 11) is 0. The lowest BCUT2D eigenvalue weighted by Crippen LogP contribution is -2.28. The van der Waals surface area contributed by atoms with Crippen LogP contribution in [0.25, 0.3) is 5.82 Å². The maximum Gasteiger partial charge on any atom is 0.257 e. The van der Waals surface area contributed by atoms with Crippen molar-refractivity contribution in [3.05, 3.63) is 72.4 Å². The van der Waals surface area contributed by atoms with Crippen LogP contribution < -0.4 is 10.6 Å². The summed E-state index contributed by atoms with van der Waals surface area (Å²) >= 11 is 0. The topological polar surface area (TPSA) is 88.9 Å². The molecule has 0 aliphatic rings. The number of amides is 2. The van der Waals surface area contributed by atoms with Gasteiger partial charge in [0.05, 0.1) is 16.8 Å². The lowest BCUT2D eigenvalue weighted by Gasteiger charge is -2.12. The molecule has 1 aromatic carbocycles. The van der Waals surface area contributed by atoms with Crippen LogP contribution in [0.15, 0.2) is 61.3 Å². The van der Waals surface area contributed by atoms with Gasteiger partial charge in [-0.15, -0.1) is 0 Å². The Bertz CT molecular complexity index is 918. The summed E-state index contributed by atoms with van der Waals surface area (Å²) in [6.45, 7) is 4.61. The number of benzene rings is 1. The van der Waals surface area contributed by atoms with E-state index < -0.39 is 0 Å². The van der Waals surface area contributed by atoms with Crippen LogP contribution in [-0.4, -0.2) is 32.9 Å². The van der Waals surface area contributed by atoms with Gasteiger partial charge in [-0.1, -0.05) is 26.0 Å². The van der Waals surface area contributed by atoms with Gasteiger partial charge in [-0.05, 0) is 30.2 Å². The van der Waals surface area contributed by atoms with Gasteiger partial charge in [0.2, 0.25) is 0 Å². The molecular weight excluding hydrogens is 342 g/mol. The monoisotopic (exact) mass is 363 g/mol. The highest BCUT2D eigenvalue weighted by molar-refractivity contribution is 6.08. The third-order valence-electron chi connectivity index (χ3n) is 3.87. The summed E-state index contributed by atoms with van der Waals surface area (Å²) < 4.78 is 1.75. The van der Waals surface area contributed by atoms with Crippen molar-refractivity contribution in [3.8, 4) is 5.82 Å². The fourth-order valence-corrected chi connectivity index (χ4v) is 2.44. The molecule has 0 aliphatic heterocycles. The van der Waals surface area contributed by atoms with E-state index in [0.717, 1.165) is 0 Å². The van der Waals surface area contributed by atoms with E-state index in [4.69, 9.17) is 0 Å². The van der Waals surface area contributed by atoms with E-state index in [1.165, 1.54) is 6.20 Å². The molecule has 3 aromatic rings. The quantitative estimate of drug-likeness (QED) is 0.705. The highest BCUT2D eigenvalue weighted by Gasteiger charge is 2.14. The second kappa shape index (κ2) is 8.27. The number of aromatic nitrogens is 3. The van der Waals surface area contributed by atoms with Crippen molar-refractivity contribution in [2.24, 2.45) is 5.92 Å². The average Bonchev–Trinajstić information content (AvgIpc) is 3.21. The molecule has 2 aromatic heterocycles. The number of hydrogen-bond donors (Lipinski definition) is 2. The molecule has 0 radical (unpaired) electrons. The van der Waals surface area contributed by atoms with Gasteiger partial charge in [0.1, 0.15) is 12.1 Å². The number of carbonyl (C=O) groups is 2. The van der Waals surface area contributed by atoms with Crippen molar-refractivity contribution >= 4 is 17.5 Å². The van der Waals surface area contributed by atoms with Crippen LogP contribution in [0.2, 0.25) is 0 Å². The van der Waals surface area contributed by atoms with Crippen LogP contribution >= 0.6 is 0 Å². The van der Waals surface area contributed by atoms with Gasteiger partial charge in [0.25, 0.3) is 11.8 Å². The molecule has 138 valence electrons. The van der Waals surface area contributed by atoms with Gasteiger partial charge >= 0.3 is 0 Å². The predicted octanol–water partition coefficient (Wildman–Crippen LogP) is 2.91. The number of para-hydroxylation sites is 1. The maximum atomic E-state index is 12.6. The minimum absolute atomic E-state index is 0.215. The first-order valence-electron chi connectivity index (χ1n) is 8.67. The Hall–Kier alpha value is -3.48. The number of rotatable bonds is 6. The highest BCUT2D eigenvalue weighted by atomic mass is 16.2. The number of carbonyl (C=O) groups excluding carboxylic acids is 2. The Morgan fingerprint density at radius 3 is 2.59 bits per heavy atom. The Morgan fingerprint density at radius 2 is 1.93 bits per heavy atom. The van der Waals surface area contributed by atoms with E-state index in [2.05, 4.69) is 20.6 Å². The first-order valence-corrected chi connectivity index (χ1v) is 8.67. The zero-order valence-corrected chi connectivity index (χ0v) is 15.2. The molecule has 0 fully saturated rings. The van der Waals surface area contributed by atoms with Gasteiger partial charge in [0, 0.05) is 25.1 Å². The van der Waals surface area contributed by atoms with Gasteiger partial charge in [-0.25, -0.2) is 9.97 Å². The molecule has 0 unspecified atom stereocenters. The fourth-order valence-electron chi connectivity index (χ4n) is 2.44. The van der Waals surface area contributed by atoms with E-state index in [1.54, 1.807) is 59.7 Å². The number of pyridine rings is 1. The predicted molar refractivity (Wildman–Crippen MR) is 103 cm³/mol. The van der Waals surface area contributed by atoms with E-state index >= 15 is 0 Å². The van der Waals surface area contributed by atoms with Crippen LogP contribution in [0.1, 0.15) is 34.6 Å². The summed E-state index contributed by atoms with van der Waals surface area (Å²) in [5.74, 6) is 0.463. The van der Waals surface area contributed by atoms with E-state index in [0.29, 0.717) is 35.1 Å². The second-order valence-electron chi connectivity index (χ2n) is 6.48. The van der Waals surface area contributed by atoms with Crippen molar-refractivity contribution < 1.29 is 9.59 Å². The number of nitrogens with zero attached hydrogens (tertiary/aromatic N) is 3. The van der Waals surface area contributed by atoms with Gasteiger partial charge < -0.3 is 10.6 Å². The second-order valence-corrected chi connectivity index (χ2v) is 6.48. The van der Waals surface area contributed by atoms with Crippen molar-refractivity contribution in [1.82, 2.24) is 19.9 Å². The lowest BCUT2D eigenvalue weighted by atomic mass is 10.1. The van der Waals surface area contributed by atoms with Crippen LogP contribution in [0, 0.1) is 5.92 Å². The normalized spacial score (nSPS) is 10.6. The first kappa shape index (κ1) is 18.3. The molecule has 7 heteroatoms. The molecule has 2 heterocycles.